The molecule has 1 saturated carbocycles. The molecule has 0 N–H and O–H groups in total. The molecule has 69 valence electrons. The van der Waals surface area contributed by atoms with E-state index in [1.165, 1.54) is 32.1 Å². The van der Waals surface area contributed by atoms with Crippen molar-refractivity contribution in [3.63, 3.8) is 0 Å². The third-order valence-corrected chi connectivity index (χ3v) is 3.49. The van der Waals surface area contributed by atoms with Gasteiger partial charge in [-0.3, -0.25) is 0 Å². The Labute approximate surface area is 85.7 Å². The van der Waals surface area contributed by atoms with Crippen LogP contribution in [0.2, 0.25) is 0 Å². The second kappa shape index (κ2) is 4.19. The summed E-state index contributed by atoms with van der Waals surface area (Å²) in [5.41, 5.74) is 0. The van der Waals surface area contributed by atoms with Gasteiger partial charge in [0.2, 0.25) is 0 Å². The van der Waals surface area contributed by atoms with Crippen LogP contribution in [0.4, 0.5) is 0 Å². The van der Waals surface area contributed by atoms with Gasteiger partial charge in [0.1, 0.15) is 0 Å². The fraction of sp³-hybridized carbons (Fsp3) is 0.583. The minimum absolute atomic E-state index is 0.514. The summed E-state index contributed by atoms with van der Waals surface area (Å²) in [6.07, 6.45) is 16.3. The number of thiocarbonyl (C=S) groups is 1. The SMILES string of the molecule is S=C1[C]=CC=CC1C1CCCCC1. The monoisotopic (exact) mass is 191 g/mol. The van der Waals surface area contributed by atoms with Gasteiger partial charge in [0.15, 0.2) is 0 Å². The zero-order valence-electron chi connectivity index (χ0n) is 7.83. The Kier molecular flexibility index (Phi) is 2.94. The maximum absolute atomic E-state index is 5.31. The van der Waals surface area contributed by atoms with E-state index in [2.05, 4.69) is 18.2 Å². The van der Waals surface area contributed by atoms with Crippen molar-refractivity contribution in [3.05, 3.63) is 24.3 Å². The van der Waals surface area contributed by atoms with Crippen LogP contribution >= 0.6 is 12.2 Å². The Morgan fingerprint density at radius 3 is 2.69 bits per heavy atom. The highest BCUT2D eigenvalue weighted by atomic mass is 32.1. The van der Waals surface area contributed by atoms with Crippen LogP contribution in [0.25, 0.3) is 0 Å². The summed E-state index contributed by atoms with van der Waals surface area (Å²) in [5, 5.41) is 0. The van der Waals surface area contributed by atoms with Crippen molar-refractivity contribution in [2.75, 3.05) is 0 Å². The first-order chi connectivity index (χ1) is 6.38. The Balaban J connectivity index is 2.02. The molecular formula is C12H15S. The van der Waals surface area contributed by atoms with Gasteiger partial charge in [-0.05, 0) is 24.8 Å². The first-order valence-electron chi connectivity index (χ1n) is 5.18. The van der Waals surface area contributed by atoms with Gasteiger partial charge >= 0.3 is 0 Å². The predicted octanol–water partition coefficient (Wildman–Crippen LogP) is 3.48. The van der Waals surface area contributed by atoms with Gasteiger partial charge in [-0.15, -0.1) is 0 Å². The standard InChI is InChI=1S/C12H15S/c13-12-9-5-4-8-11(12)10-6-2-1-3-7-10/h4-5,8,10-11H,1-3,6-7H2. The molecule has 0 amide bonds. The van der Waals surface area contributed by atoms with Gasteiger partial charge in [0.25, 0.3) is 0 Å². The Hall–Kier alpha value is -0.430. The summed E-state index contributed by atoms with van der Waals surface area (Å²) in [7, 11) is 0. The van der Waals surface area contributed by atoms with E-state index in [9.17, 15) is 0 Å². The Bertz CT molecular complexity index is 244. The minimum atomic E-state index is 0.514. The molecule has 2 rings (SSSR count). The zero-order valence-corrected chi connectivity index (χ0v) is 8.65. The van der Waals surface area contributed by atoms with E-state index < -0.39 is 0 Å². The lowest BCUT2D eigenvalue weighted by molar-refractivity contribution is 0.330. The quantitative estimate of drug-likeness (QED) is 0.572. The number of hydrogen-bond donors (Lipinski definition) is 0. The molecule has 0 aliphatic heterocycles. The summed E-state index contributed by atoms with van der Waals surface area (Å²) in [4.78, 5) is 1.02. The smallest absolute Gasteiger partial charge is 0.0302 e. The lowest BCUT2D eigenvalue weighted by atomic mass is 9.77. The van der Waals surface area contributed by atoms with E-state index in [0.29, 0.717) is 5.92 Å². The fourth-order valence-corrected chi connectivity index (χ4v) is 2.69. The first-order valence-corrected chi connectivity index (χ1v) is 5.59. The molecule has 0 nitrogen and oxygen atoms in total. The maximum atomic E-state index is 5.31. The van der Waals surface area contributed by atoms with Crippen molar-refractivity contribution in [3.8, 4) is 0 Å². The summed E-state index contributed by atoms with van der Waals surface area (Å²) in [6, 6.07) is 0. The highest BCUT2D eigenvalue weighted by molar-refractivity contribution is 7.80. The van der Waals surface area contributed by atoms with Crippen LogP contribution in [0.5, 0.6) is 0 Å². The Morgan fingerprint density at radius 2 is 2.00 bits per heavy atom. The molecule has 1 fully saturated rings. The van der Waals surface area contributed by atoms with E-state index in [0.717, 1.165) is 10.8 Å². The highest BCUT2D eigenvalue weighted by Crippen LogP contribution is 2.32. The van der Waals surface area contributed by atoms with Crippen molar-refractivity contribution in [2.45, 2.75) is 32.1 Å². The van der Waals surface area contributed by atoms with Gasteiger partial charge in [-0.25, -0.2) is 0 Å². The molecule has 13 heavy (non-hydrogen) atoms. The molecule has 0 aromatic carbocycles. The normalized spacial score (nSPS) is 29.5. The van der Waals surface area contributed by atoms with Crippen molar-refractivity contribution >= 4 is 17.1 Å². The Morgan fingerprint density at radius 1 is 1.23 bits per heavy atom. The van der Waals surface area contributed by atoms with E-state index in [4.69, 9.17) is 12.2 Å². The van der Waals surface area contributed by atoms with Gasteiger partial charge in [0, 0.05) is 10.8 Å². The van der Waals surface area contributed by atoms with Crippen LogP contribution in [-0.2, 0) is 0 Å². The van der Waals surface area contributed by atoms with Crippen molar-refractivity contribution < 1.29 is 0 Å². The lowest BCUT2D eigenvalue weighted by Gasteiger charge is -2.28. The molecule has 1 radical (unpaired) electrons. The first kappa shape index (κ1) is 9.14. The second-order valence-corrected chi connectivity index (χ2v) is 4.42. The van der Waals surface area contributed by atoms with Crippen molar-refractivity contribution in [1.82, 2.24) is 0 Å². The van der Waals surface area contributed by atoms with E-state index in [1.54, 1.807) is 0 Å². The molecule has 1 atom stereocenters. The molecule has 0 heterocycles. The van der Waals surface area contributed by atoms with E-state index >= 15 is 0 Å². The van der Waals surface area contributed by atoms with Crippen LogP contribution in [0.3, 0.4) is 0 Å². The van der Waals surface area contributed by atoms with Gasteiger partial charge < -0.3 is 0 Å². The summed E-state index contributed by atoms with van der Waals surface area (Å²) in [5.74, 6) is 1.32. The molecule has 0 aromatic heterocycles. The van der Waals surface area contributed by atoms with Crippen LogP contribution in [-0.4, -0.2) is 4.86 Å². The fourth-order valence-electron chi connectivity index (χ4n) is 2.35. The molecule has 2 aliphatic rings. The number of allylic oxidation sites excluding steroid dienone is 4. The van der Waals surface area contributed by atoms with Crippen LogP contribution in [0.1, 0.15) is 32.1 Å². The predicted molar refractivity (Wildman–Crippen MR) is 59.6 cm³/mol. The molecule has 1 heteroatoms. The second-order valence-electron chi connectivity index (χ2n) is 3.98. The summed E-state index contributed by atoms with van der Waals surface area (Å²) in [6.45, 7) is 0. The van der Waals surface area contributed by atoms with Gasteiger partial charge in [-0.1, -0.05) is 49.7 Å². The molecule has 1 unspecified atom stereocenters. The lowest BCUT2D eigenvalue weighted by Crippen LogP contribution is -2.23. The average Bonchev–Trinajstić information content (AvgIpc) is 2.20. The van der Waals surface area contributed by atoms with E-state index in [-0.39, 0.29) is 0 Å². The van der Waals surface area contributed by atoms with Crippen molar-refractivity contribution in [1.29, 1.82) is 0 Å². The maximum Gasteiger partial charge on any atom is 0.0302 e. The molecule has 0 spiro atoms. The van der Waals surface area contributed by atoms with Gasteiger partial charge in [0.05, 0.1) is 0 Å². The third-order valence-electron chi connectivity index (χ3n) is 3.10. The summed E-state index contributed by atoms with van der Waals surface area (Å²) < 4.78 is 0. The molecule has 0 saturated heterocycles. The zero-order chi connectivity index (χ0) is 9.10. The largest absolute Gasteiger partial charge is 0.0836 e. The summed E-state index contributed by atoms with van der Waals surface area (Å²) >= 11 is 5.31. The number of rotatable bonds is 1. The molecule has 0 aromatic rings. The minimum Gasteiger partial charge on any atom is -0.0836 e. The van der Waals surface area contributed by atoms with E-state index in [1.807, 2.05) is 6.08 Å². The van der Waals surface area contributed by atoms with Crippen LogP contribution < -0.4 is 0 Å². The number of hydrogen-bond acceptors (Lipinski definition) is 1. The molecule has 0 bridgehead atoms. The van der Waals surface area contributed by atoms with Crippen LogP contribution in [0.15, 0.2) is 18.2 Å². The molecular weight excluding hydrogens is 176 g/mol. The van der Waals surface area contributed by atoms with Crippen LogP contribution in [0, 0.1) is 17.9 Å². The average molecular weight is 191 g/mol. The van der Waals surface area contributed by atoms with Crippen molar-refractivity contribution in [2.24, 2.45) is 11.8 Å². The third kappa shape index (κ3) is 2.08. The topological polar surface area (TPSA) is 0 Å². The molecule has 2 aliphatic carbocycles. The highest BCUT2D eigenvalue weighted by Gasteiger charge is 2.24. The van der Waals surface area contributed by atoms with Gasteiger partial charge in [-0.2, -0.15) is 0 Å².